The number of pyridine rings is 1. The third-order valence-electron chi connectivity index (χ3n) is 3.23. The van der Waals surface area contributed by atoms with Gasteiger partial charge in [-0.1, -0.05) is 0 Å². The van der Waals surface area contributed by atoms with Crippen LogP contribution in [-0.4, -0.2) is 38.2 Å². The van der Waals surface area contributed by atoms with Crippen LogP contribution in [0.15, 0.2) is 18.3 Å². The SMILES string of the molecule is CN1CCCC1c1nnc2ccc(O)cn12. The summed E-state index contributed by atoms with van der Waals surface area (Å²) in [6.07, 6.45) is 3.97. The van der Waals surface area contributed by atoms with Crippen molar-refractivity contribution in [2.45, 2.75) is 18.9 Å². The van der Waals surface area contributed by atoms with Gasteiger partial charge >= 0.3 is 0 Å². The van der Waals surface area contributed by atoms with Crippen LogP contribution >= 0.6 is 0 Å². The highest BCUT2D eigenvalue weighted by atomic mass is 16.3. The summed E-state index contributed by atoms with van der Waals surface area (Å²) < 4.78 is 1.88. The minimum atomic E-state index is 0.245. The fourth-order valence-electron chi connectivity index (χ4n) is 2.36. The lowest BCUT2D eigenvalue weighted by Gasteiger charge is -2.17. The molecule has 2 aromatic heterocycles. The van der Waals surface area contributed by atoms with Crippen LogP contribution in [0.3, 0.4) is 0 Å². The molecule has 0 aromatic carbocycles. The van der Waals surface area contributed by atoms with Gasteiger partial charge in [-0.25, -0.2) is 0 Å². The average molecular weight is 218 g/mol. The van der Waals surface area contributed by atoms with Crippen molar-refractivity contribution in [1.82, 2.24) is 19.5 Å². The Morgan fingerprint density at radius 1 is 1.38 bits per heavy atom. The van der Waals surface area contributed by atoms with Crippen LogP contribution in [0.2, 0.25) is 0 Å². The van der Waals surface area contributed by atoms with Gasteiger partial charge in [-0.3, -0.25) is 9.30 Å². The third-order valence-corrected chi connectivity index (χ3v) is 3.23. The molecule has 0 spiro atoms. The van der Waals surface area contributed by atoms with Crippen molar-refractivity contribution in [2.24, 2.45) is 0 Å². The topological polar surface area (TPSA) is 53.7 Å². The third kappa shape index (κ3) is 1.36. The molecule has 1 unspecified atom stereocenters. The van der Waals surface area contributed by atoms with Gasteiger partial charge in [0.2, 0.25) is 0 Å². The highest BCUT2D eigenvalue weighted by molar-refractivity contribution is 5.41. The number of rotatable bonds is 1. The van der Waals surface area contributed by atoms with E-state index in [1.807, 2.05) is 4.40 Å². The van der Waals surface area contributed by atoms with Crippen LogP contribution in [-0.2, 0) is 0 Å². The first-order chi connectivity index (χ1) is 7.75. The number of aromatic nitrogens is 3. The number of nitrogens with zero attached hydrogens (tertiary/aromatic N) is 4. The quantitative estimate of drug-likeness (QED) is 0.781. The molecule has 1 N–H and O–H groups in total. The van der Waals surface area contributed by atoms with Gasteiger partial charge in [-0.2, -0.15) is 0 Å². The van der Waals surface area contributed by atoms with E-state index in [-0.39, 0.29) is 5.75 Å². The van der Waals surface area contributed by atoms with Crippen LogP contribution in [0.5, 0.6) is 5.75 Å². The van der Waals surface area contributed by atoms with Gasteiger partial charge in [0, 0.05) is 0 Å². The van der Waals surface area contributed by atoms with Crippen molar-refractivity contribution in [3.05, 3.63) is 24.2 Å². The zero-order valence-electron chi connectivity index (χ0n) is 9.17. The predicted octanol–water partition coefficient (Wildman–Crippen LogP) is 1.20. The maximum absolute atomic E-state index is 9.49. The van der Waals surface area contributed by atoms with Gasteiger partial charge in [-0.15, -0.1) is 10.2 Å². The summed E-state index contributed by atoms with van der Waals surface area (Å²) in [6.45, 7) is 1.10. The lowest BCUT2D eigenvalue weighted by atomic mass is 10.2. The van der Waals surface area contributed by atoms with E-state index in [9.17, 15) is 5.11 Å². The molecule has 1 atom stereocenters. The van der Waals surface area contributed by atoms with Gasteiger partial charge in [0.1, 0.15) is 5.75 Å². The Morgan fingerprint density at radius 2 is 2.25 bits per heavy atom. The smallest absolute Gasteiger partial charge is 0.161 e. The van der Waals surface area contributed by atoms with E-state index in [0.717, 1.165) is 24.4 Å². The van der Waals surface area contributed by atoms with E-state index in [1.165, 1.54) is 6.42 Å². The first-order valence-electron chi connectivity index (χ1n) is 5.49. The second-order valence-corrected chi connectivity index (χ2v) is 4.31. The number of likely N-dealkylation sites (tertiary alicyclic amines) is 1. The fourth-order valence-corrected chi connectivity index (χ4v) is 2.36. The summed E-state index contributed by atoms with van der Waals surface area (Å²) in [5.74, 6) is 1.17. The predicted molar refractivity (Wildman–Crippen MR) is 59.3 cm³/mol. The molecule has 5 heteroatoms. The molecule has 0 aliphatic carbocycles. The second-order valence-electron chi connectivity index (χ2n) is 4.31. The molecule has 3 rings (SSSR count). The zero-order chi connectivity index (χ0) is 11.1. The Kier molecular flexibility index (Phi) is 2.07. The Bertz CT molecular complexity index is 522. The van der Waals surface area contributed by atoms with E-state index in [2.05, 4.69) is 22.1 Å². The monoisotopic (exact) mass is 218 g/mol. The molecule has 84 valence electrons. The van der Waals surface area contributed by atoms with Crippen molar-refractivity contribution in [2.75, 3.05) is 13.6 Å². The lowest BCUT2D eigenvalue weighted by molar-refractivity contribution is 0.304. The van der Waals surface area contributed by atoms with Gasteiger partial charge in [0.25, 0.3) is 0 Å². The Hall–Kier alpha value is -1.62. The summed E-state index contributed by atoms with van der Waals surface area (Å²) in [5, 5.41) is 17.8. The number of hydrogen-bond donors (Lipinski definition) is 1. The molecular formula is C11H14N4O. The molecule has 1 fully saturated rings. The maximum atomic E-state index is 9.49. The Labute approximate surface area is 93.3 Å². The molecule has 1 saturated heterocycles. The molecule has 2 aromatic rings. The van der Waals surface area contributed by atoms with Gasteiger partial charge in [0.15, 0.2) is 11.5 Å². The molecule has 3 heterocycles. The van der Waals surface area contributed by atoms with E-state index in [4.69, 9.17) is 0 Å². The summed E-state index contributed by atoms with van der Waals surface area (Å²) in [4.78, 5) is 2.28. The molecule has 1 aliphatic rings. The molecular weight excluding hydrogens is 204 g/mol. The van der Waals surface area contributed by atoms with Crippen molar-refractivity contribution >= 4 is 5.65 Å². The molecule has 0 saturated carbocycles. The van der Waals surface area contributed by atoms with Crippen molar-refractivity contribution in [3.8, 4) is 5.75 Å². The minimum Gasteiger partial charge on any atom is -0.506 e. The van der Waals surface area contributed by atoms with Crippen molar-refractivity contribution < 1.29 is 5.11 Å². The molecule has 0 radical (unpaired) electrons. The number of hydrogen-bond acceptors (Lipinski definition) is 4. The first kappa shape index (κ1) is 9.59. The first-order valence-corrected chi connectivity index (χ1v) is 5.49. The van der Waals surface area contributed by atoms with Crippen LogP contribution in [0.25, 0.3) is 5.65 Å². The Balaban J connectivity index is 2.12. The van der Waals surface area contributed by atoms with E-state index in [0.29, 0.717) is 6.04 Å². The average Bonchev–Trinajstić information content (AvgIpc) is 2.83. The summed E-state index contributed by atoms with van der Waals surface area (Å²) in [7, 11) is 2.10. The van der Waals surface area contributed by atoms with Gasteiger partial charge < -0.3 is 5.11 Å². The molecule has 16 heavy (non-hydrogen) atoms. The fraction of sp³-hybridized carbons (Fsp3) is 0.455. The standard InChI is InChI=1S/C11H14N4O/c1-14-6-2-3-9(14)11-13-12-10-5-4-8(16)7-15(10)11/h4-5,7,9,16H,2-3,6H2,1H3. The van der Waals surface area contributed by atoms with Crippen molar-refractivity contribution in [3.63, 3.8) is 0 Å². The maximum Gasteiger partial charge on any atom is 0.161 e. The second kappa shape index (κ2) is 3.45. The highest BCUT2D eigenvalue weighted by Gasteiger charge is 2.26. The van der Waals surface area contributed by atoms with E-state index in [1.54, 1.807) is 18.3 Å². The molecule has 5 nitrogen and oxygen atoms in total. The molecule has 0 bridgehead atoms. The number of fused-ring (bicyclic) bond motifs is 1. The summed E-state index contributed by atoms with van der Waals surface area (Å²) in [5.41, 5.74) is 0.785. The minimum absolute atomic E-state index is 0.245. The number of aromatic hydroxyl groups is 1. The van der Waals surface area contributed by atoms with Crippen LogP contribution < -0.4 is 0 Å². The molecule has 1 aliphatic heterocycles. The van der Waals surface area contributed by atoms with Gasteiger partial charge in [-0.05, 0) is 38.6 Å². The lowest BCUT2D eigenvalue weighted by Crippen LogP contribution is -2.19. The highest BCUT2D eigenvalue weighted by Crippen LogP contribution is 2.29. The Morgan fingerprint density at radius 3 is 3.00 bits per heavy atom. The van der Waals surface area contributed by atoms with Crippen LogP contribution in [0.1, 0.15) is 24.7 Å². The van der Waals surface area contributed by atoms with E-state index >= 15 is 0 Å². The van der Waals surface area contributed by atoms with E-state index < -0.39 is 0 Å². The summed E-state index contributed by atoms with van der Waals surface area (Å²) in [6, 6.07) is 3.73. The van der Waals surface area contributed by atoms with Gasteiger partial charge in [0.05, 0.1) is 12.2 Å². The summed E-state index contributed by atoms with van der Waals surface area (Å²) >= 11 is 0. The largest absolute Gasteiger partial charge is 0.506 e. The van der Waals surface area contributed by atoms with Crippen LogP contribution in [0, 0.1) is 0 Å². The molecule has 0 amide bonds. The van der Waals surface area contributed by atoms with Crippen molar-refractivity contribution in [1.29, 1.82) is 0 Å². The normalized spacial score (nSPS) is 21.9. The van der Waals surface area contributed by atoms with Crippen LogP contribution in [0.4, 0.5) is 0 Å². The zero-order valence-corrected chi connectivity index (χ0v) is 9.17.